The van der Waals surface area contributed by atoms with Crippen LogP contribution in [-0.4, -0.2) is 27.0 Å². The zero-order valence-electron chi connectivity index (χ0n) is 9.57. The Kier molecular flexibility index (Phi) is 2.56. The Labute approximate surface area is 90.3 Å². The maximum atomic E-state index is 9.60. The number of nitrogens with one attached hydrogen (secondary N) is 1. The minimum Gasteiger partial charge on any atom is -0.392 e. The molecule has 2 atom stereocenters. The molecule has 0 amide bonds. The molecule has 84 valence electrons. The van der Waals surface area contributed by atoms with Gasteiger partial charge in [0.25, 0.3) is 0 Å². The quantitative estimate of drug-likeness (QED) is 0.769. The lowest BCUT2D eigenvalue weighted by Crippen LogP contribution is -2.59. The van der Waals surface area contributed by atoms with Gasteiger partial charge in [-0.15, -0.1) is 0 Å². The van der Waals surface area contributed by atoms with Crippen molar-refractivity contribution in [3.63, 3.8) is 0 Å². The summed E-state index contributed by atoms with van der Waals surface area (Å²) in [7, 11) is 1.94. The van der Waals surface area contributed by atoms with E-state index in [9.17, 15) is 5.11 Å². The van der Waals surface area contributed by atoms with Crippen LogP contribution in [0.25, 0.3) is 0 Å². The lowest BCUT2D eigenvalue weighted by atomic mass is 9.64. The van der Waals surface area contributed by atoms with E-state index < -0.39 is 0 Å². The van der Waals surface area contributed by atoms with Crippen LogP contribution in [0, 0.1) is 5.41 Å². The van der Waals surface area contributed by atoms with E-state index in [4.69, 9.17) is 0 Å². The van der Waals surface area contributed by atoms with E-state index in [0.717, 1.165) is 13.0 Å². The summed E-state index contributed by atoms with van der Waals surface area (Å²) in [5.41, 5.74) is 1.17. The van der Waals surface area contributed by atoms with Gasteiger partial charge in [-0.1, -0.05) is 13.8 Å². The molecular formula is C11H19N3O. The molecule has 2 N–H and O–H groups in total. The van der Waals surface area contributed by atoms with Crippen molar-refractivity contribution in [1.82, 2.24) is 15.1 Å². The summed E-state index contributed by atoms with van der Waals surface area (Å²) in [6.45, 7) is 5.02. The van der Waals surface area contributed by atoms with Crippen LogP contribution in [0.5, 0.6) is 0 Å². The molecule has 0 aliphatic heterocycles. The number of hydrogen-bond acceptors (Lipinski definition) is 3. The number of aliphatic hydroxyl groups is 1. The molecule has 1 aromatic heterocycles. The van der Waals surface area contributed by atoms with E-state index in [1.165, 1.54) is 5.69 Å². The molecule has 1 heterocycles. The first-order chi connectivity index (χ1) is 7.01. The third-order valence-electron chi connectivity index (χ3n) is 3.67. The maximum absolute atomic E-state index is 9.60. The van der Waals surface area contributed by atoms with E-state index >= 15 is 0 Å². The minimum atomic E-state index is -0.165. The molecule has 2 rings (SSSR count). The number of aliphatic hydroxyl groups excluding tert-OH is 1. The van der Waals surface area contributed by atoms with E-state index in [1.807, 2.05) is 17.8 Å². The SMILES string of the molecule is Cn1nccc1CNC1CC(O)C1(C)C. The van der Waals surface area contributed by atoms with Gasteiger partial charge in [-0.2, -0.15) is 5.10 Å². The average Bonchev–Trinajstić information content (AvgIpc) is 2.58. The Balaban J connectivity index is 1.88. The average molecular weight is 209 g/mol. The monoisotopic (exact) mass is 209 g/mol. The Morgan fingerprint density at radius 2 is 2.40 bits per heavy atom. The van der Waals surface area contributed by atoms with Gasteiger partial charge < -0.3 is 10.4 Å². The highest BCUT2D eigenvalue weighted by Crippen LogP contribution is 2.40. The zero-order chi connectivity index (χ0) is 11.1. The second kappa shape index (κ2) is 3.61. The third-order valence-corrected chi connectivity index (χ3v) is 3.67. The van der Waals surface area contributed by atoms with Crippen molar-refractivity contribution >= 4 is 0 Å². The van der Waals surface area contributed by atoms with Crippen LogP contribution in [0.4, 0.5) is 0 Å². The number of hydrogen-bond donors (Lipinski definition) is 2. The summed E-state index contributed by atoms with van der Waals surface area (Å²) in [5.74, 6) is 0. The molecule has 0 aromatic carbocycles. The van der Waals surface area contributed by atoms with Crippen molar-refractivity contribution < 1.29 is 5.11 Å². The lowest BCUT2D eigenvalue weighted by molar-refractivity contribution is -0.0731. The molecule has 1 fully saturated rings. The first-order valence-corrected chi connectivity index (χ1v) is 5.40. The Morgan fingerprint density at radius 3 is 2.87 bits per heavy atom. The molecule has 1 saturated carbocycles. The van der Waals surface area contributed by atoms with Crippen LogP contribution >= 0.6 is 0 Å². The van der Waals surface area contributed by atoms with Crippen molar-refractivity contribution in [3.05, 3.63) is 18.0 Å². The fraction of sp³-hybridized carbons (Fsp3) is 0.727. The van der Waals surface area contributed by atoms with Crippen LogP contribution in [-0.2, 0) is 13.6 Å². The van der Waals surface area contributed by atoms with Gasteiger partial charge in [0.2, 0.25) is 0 Å². The summed E-state index contributed by atoms with van der Waals surface area (Å²) < 4.78 is 1.87. The fourth-order valence-electron chi connectivity index (χ4n) is 2.05. The van der Waals surface area contributed by atoms with Crippen LogP contribution in [0.3, 0.4) is 0 Å². The molecule has 0 radical (unpaired) electrons. The Bertz CT molecular complexity index is 345. The van der Waals surface area contributed by atoms with Gasteiger partial charge in [0, 0.05) is 31.2 Å². The highest BCUT2D eigenvalue weighted by atomic mass is 16.3. The van der Waals surface area contributed by atoms with Gasteiger partial charge in [0.1, 0.15) is 0 Å². The summed E-state index contributed by atoms with van der Waals surface area (Å²) in [6, 6.07) is 2.41. The van der Waals surface area contributed by atoms with Gasteiger partial charge in [-0.25, -0.2) is 0 Å². The predicted octanol–water partition coefficient (Wildman–Crippen LogP) is 0.669. The molecule has 2 unspecified atom stereocenters. The first kappa shape index (κ1) is 10.6. The van der Waals surface area contributed by atoms with Crippen LogP contribution < -0.4 is 5.32 Å². The van der Waals surface area contributed by atoms with Crippen LogP contribution in [0.15, 0.2) is 12.3 Å². The van der Waals surface area contributed by atoms with E-state index in [1.54, 1.807) is 6.20 Å². The second-order valence-electron chi connectivity index (χ2n) is 4.95. The molecule has 15 heavy (non-hydrogen) atoms. The number of aryl methyl sites for hydroxylation is 1. The van der Waals surface area contributed by atoms with Crippen molar-refractivity contribution in [2.75, 3.05) is 0 Å². The highest BCUT2D eigenvalue weighted by molar-refractivity contribution is 5.05. The molecule has 1 aromatic rings. The number of aromatic nitrogens is 2. The molecule has 1 aliphatic carbocycles. The first-order valence-electron chi connectivity index (χ1n) is 5.40. The smallest absolute Gasteiger partial charge is 0.0621 e. The van der Waals surface area contributed by atoms with Crippen molar-refractivity contribution in [1.29, 1.82) is 0 Å². The summed E-state index contributed by atoms with van der Waals surface area (Å²) >= 11 is 0. The highest BCUT2D eigenvalue weighted by Gasteiger charge is 2.46. The minimum absolute atomic E-state index is 0.00140. The lowest BCUT2D eigenvalue weighted by Gasteiger charge is -2.49. The molecule has 4 heteroatoms. The van der Waals surface area contributed by atoms with E-state index in [-0.39, 0.29) is 11.5 Å². The zero-order valence-corrected chi connectivity index (χ0v) is 9.57. The van der Waals surface area contributed by atoms with Crippen molar-refractivity contribution in [2.45, 2.75) is 39.0 Å². The maximum Gasteiger partial charge on any atom is 0.0621 e. The van der Waals surface area contributed by atoms with E-state index in [0.29, 0.717) is 6.04 Å². The summed E-state index contributed by atoms with van der Waals surface area (Å²) in [6.07, 6.45) is 2.49. The van der Waals surface area contributed by atoms with Gasteiger partial charge >= 0.3 is 0 Å². The number of nitrogens with zero attached hydrogens (tertiary/aromatic N) is 2. The third kappa shape index (κ3) is 1.79. The predicted molar refractivity (Wildman–Crippen MR) is 58.2 cm³/mol. The molecule has 1 aliphatic rings. The van der Waals surface area contributed by atoms with Gasteiger partial charge in [0.05, 0.1) is 11.8 Å². The van der Waals surface area contributed by atoms with Crippen LogP contribution in [0.2, 0.25) is 0 Å². The number of rotatable bonds is 3. The van der Waals surface area contributed by atoms with E-state index in [2.05, 4.69) is 24.3 Å². The van der Waals surface area contributed by atoms with Gasteiger partial charge in [0.15, 0.2) is 0 Å². The van der Waals surface area contributed by atoms with Gasteiger partial charge in [-0.05, 0) is 12.5 Å². The standard InChI is InChI=1S/C11H19N3O/c1-11(2)9(6-10(11)15)12-7-8-4-5-13-14(8)3/h4-5,9-10,12,15H,6-7H2,1-3H3. The van der Waals surface area contributed by atoms with Crippen molar-refractivity contribution in [2.24, 2.45) is 12.5 Å². The Hall–Kier alpha value is -0.870. The normalized spacial score (nSPS) is 28.8. The Morgan fingerprint density at radius 1 is 1.67 bits per heavy atom. The molecule has 0 bridgehead atoms. The largest absolute Gasteiger partial charge is 0.392 e. The summed E-state index contributed by atoms with van der Waals surface area (Å²) in [4.78, 5) is 0. The molecular weight excluding hydrogens is 190 g/mol. The second-order valence-corrected chi connectivity index (χ2v) is 4.95. The molecule has 0 spiro atoms. The van der Waals surface area contributed by atoms with Crippen molar-refractivity contribution in [3.8, 4) is 0 Å². The summed E-state index contributed by atoms with van der Waals surface area (Å²) in [5, 5.41) is 17.2. The molecule has 4 nitrogen and oxygen atoms in total. The van der Waals surface area contributed by atoms with Gasteiger partial charge in [-0.3, -0.25) is 4.68 Å². The fourth-order valence-corrected chi connectivity index (χ4v) is 2.05. The van der Waals surface area contributed by atoms with Crippen LogP contribution in [0.1, 0.15) is 26.0 Å². The topological polar surface area (TPSA) is 50.1 Å². The molecule has 0 saturated heterocycles.